The van der Waals surface area contributed by atoms with Gasteiger partial charge in [-0.2, -0.15) is 0 Å². The van der Waals surface area contributed by atoms with Crippen molar-refractivity contribution in [2.45, 2.75) is 44.6 Å². The van der Waals surface area contributed by atoms with Crippen molar-refractivity contribution in [3.8, 4) is 0 Å². The van der Waals surface area contributed by atoms with Gasteiger partial charge in [0.1, 0.15) is 0 Å². The Hall–Kier alpha value is -2.61. The first kappa shape index (κ1) is 19.7. The molecule has 0 saturated carbocycles. The fraction of sp³-hybridized carbons (Fsp3) is 0.524. The summed E-state index contributed by atoms with van der Waals surface area (Å²) >= 11 is 0. The van der Waals surface area contributed by atoms with Gasteiger partial charge in [0.15, 0.2) is 0 Å². The Morgan fingerprint density at radius 2 is 1.79 bits per heavy atom. The first-order valence-electron chi connectivity index (χ1n) is 10.4. The maximum atomic E-state index is 12.6. The first-order chi connectivity index (χ1) is 14.0. The van der Waals surface area contributed by atoms with Gasteiger partial charge >= 0.3 is 5.69 Å². The Balaban J connectivity index is 1.35. The Morgan fingerprint density at radius 3 is 2.48 bits per heavy atom. The quantitative estimate of drug-likeness (QED) is 0.701. The molecule has 2 aliphatic rings. The van der Waals surface area contributed by atoms with E-state index in [4.69, 9.17) is 5.73 Å². The Bertz CT molecular complexity index is 949. The summed E-state index contributed by atoms with van der Waals surface area (Å²) in [6, 6.07) is 4.01. The van der Waals surface area contributed by atoms with E-state index in [9.17, 15) is 14.4 Å². The number of imidazole rings is 1. The highest BCUT2D eigenvalue weighted by Gasteiger charge is 2.27. The molecule has 2 amide bonds. The van der Waals surface area contributed by atoms with Crippen molar-refractivity contribution in [2.75, 3.05) is 26.2 Å². The molecule has 8 heteroatoms. The van der Waals surface area contributed by atoms with Crippen LogP contribution < -0.4 is 11.4 Å². The van der Waals surface area contributed by atoms with E-state index in [1.807, 2.05) is 4.90 Å². The molecule has 1 aromatic heterocycles. The summed E-state index contributed by atoms with van der Waals surface area (Å²) < 4.78 is 0. The molecule has 2 saturated heterocycles. The lowest BCUT2D eigenvalue weighted by molar-refractivity contribution is -0.129. The van der Waals surface area contributed by atoms with E-state index in [1.165, 1.54) is 32.4 Å². The number of piperidine rings is 2. The number of carbonyl (C=O) groups is 2. The number of nitrogens with zero attached hydrogens (tertiary/aromatic N) is 2. The SMILES string of the molecule is NC(=O)c1cc(C[CH]C(=O)N2CCC(N3CCCCC3)CC2)cc2[nH]c(=O)[nH]c12. The minimum Gasteiger partial charge on any atom is -0.366 e. The Kier molecular flexibility index (Phi) is 5.71. The van der Waals surface area contributed by atoms with Gasteiger partial charge < -0.3 is 25.5 Å². The molecular formula is C21H28N5O3. The van der Waals surface area contributed by atoms with Crippen LogP contribution in [-0.2, 0) is 11.2 Å². The summed E-state index contributed by atoms with van der Waals surface area (Å²) in [5.41, 5.74) is 6.98. The molecule has 0 bridgehead atoms. The number of H-pyrrole nitrogens is 2. The number of nitrogens with one attached hydrogen (secondary N) is 2. The molecule has 8 nitrogen and oxygen atoms in total. The number of hydrogen-bond donors (Lipinski definition) is 3. The molecule has 4 N–H and O–H groups in total. The minimum atomic E-state index is -0.613. The second kappa shape index (κ2) is 8.41. The van der Waals surface area contributed by atoms with Crippen LogP contribution in [-0.4, -0.2) is 63.8 Å². The maximum Gasteiger partial charge on any atom is 0.323 e. The predicted octanol–water partition coefficient (Wildman–Crippen LogP) is 1.18. The van der Waals surface area contributed by atoms with Crippen LogP contribution >= 0.6 is 0 Å². The summed E-state index contributed by atoms with van der Waals surface area (Å²) in [7, 11) is 0. The van der Waals surface area contributed by atoms with Crippen molar-refractivity contribution >= 4 is 22.8 Å². The van der Waals surface area contributed by atoms with Crippen molar-refractivity contribution in [1.82, 2.24) is 19.8 Å². The van der Waals surface area contributed by atoms with Crippen LogP contribution in [0, 0.1) is 6.42 Å². The van der Waals surface area contributed by atoms with Crippen LogP contribution in [0.4, 0.5) is 0 Å². The molecule has 155 valence electrons. The zero-order valence-corrected chi connectivity index (χ0v) is 16.6. The Morgan fingerprint density at radius 1 is 1.07 bits per heavy atom. The van der Waals surface area contributed by atoms with Crippen molar-refractivity contribution in [3.63, 3.8) is 0 Å². The number of benzene rings is 1. The molecule has 29 heavy (non-hydrogen) atoms. The number of nitrogens with two attached hydrogens (primary N) is 1. The van der Waals surface area contributed by atoms with Gasteiger partial charge in [0, 0.05) is 19.1 Å². The van der Waals surface area contributed by atoms with Crippen LogP contribution in [0.1, 0.15) is 48.0 Å². The number of carbonyl (C=O) groups excluding carboxylic acids is 2. The minimum absolute atomic E-state index is 0.0189. The van der Waals surface area contributed by atoms with Crippen LogP contribution in [0.5, 0.6) is 0 Å². The zero-order valence-electron chi connectivity index (χ0n) is 16.6. The van der Waals surface area contributed by atoms with Crippen molar-refractivity contribution in [3.05, 3.63) is 40.2 Å². The van der Waals surface area contributed by atoms with E-state index in [-0.39, 0.29) is 11.5 Å². The number of aromatic nitrogens is 2. The standard InChI is InChI=1S/C21H28N5O3/c22-20(28)16-12-14(13-17-19(16)24-21(29)23-17)4-5-18(27)26-10-6-15(7-11-26)25-8-2-1-3-9-25/h5,12-13,15H,1-4,6-11H2,(H2,22,28)(H2,23,24,29). The lowest BCUT2D eigenvalue weighted by Crippen LogP contribution is -2.48. The van der Waals surface area contributed by atoms with Gasteiger partial charge in [-0.3, -0.25) is 9.59 Å². The molecule has 0 unspecified atom stereocenters. The van der Waals surface area contributed by atoms with Gasteiger partial charge in [0.25, 0.3) is 5.91 Å². The number of hydrogen-bond acceptors (Lipinski definition) is 4. The largest absolute Gasteiger partial charge is 0.366 e. The van der Waals surface area contributed by atoms with Gasteiger partial charge in [-0.1, -0.05) is 6.42 Å². The molecule has 2 fully saturated rings. The monoisotopic (exact) mass is 398 g/mol. The van der Waals surface area contributed by atoms with E-state index < -0.39 is 11.6 Å². The molecule has 0 atom stereocenters. The molecule has 3 heterocycles. The summed E-state index contributed by atoms with van der Waals surface area (Å²) in [4.78, 5) is 45.6. The van der Waals surface area contributed by atoms with Crippen LogP contribution in [0.3, 0.4) is 0 Å². The number of aromatic amines is 2. The highest BCUT2D eigenvalue weighted by atomic mass is 16.2. The van der Waals surface area contributed by atoms with Crippen LogP contribution in [0.25, 0.3) is 11.0 Å². The number of fused-ring (bicyclic) bond motifs is 1. The molecule has 2 aliphatic heterocycles. The zero-order chi connectivity index (χ0) is 20.4. The Labute approximate surface area is 169 Å². The lowest BCUT2D eigenvalue weighted by atomic mass is 9.99. The summed E-state index contributed by atoms with van der Waals surface area (Å²) in [6.45, 7) is 3.95. The molecule has 4 rings (SSSR count). The average molecular weight is 398 g/mol. The van der Waals surface area contributed by atoms with E-state index in [1.54, 1.807) is 18.6 Å². The van der Waals surface area contributed by atoms with E-state index in [0.717, 1.165) is 31.5 Å². The van der Waals surface area contributed by atoms with Crippen molar-refractivity contribution in [1.29, 1.82) is 0 Å². The fourth-order valence-corrected chi connectivity index (χ4v) is 4.58. The van der Waals surface area contributed by atoms with Crippen LogP contribution in [0.15, 0.2) is 16.9 Å². The summed E-state index contributed by atoms with van der Waals surface area (Å²) in [6.07, 6.45) is 8.01. The molecule has 2 aromatic rings. The number of rotatable bonds is 5. The van der Waals surface area contributed by atoms with E-state index in [0.29, 0.717) is 23.5 Å². The van der Waals surface area contributed by atoms with Gasteiger partial charge in [-0.25, -0.2) is 4.79 Å². The smallest absolute Gasteiger partial charge is 0.323 e. The molecule has 0 aliphatic carbocycles. The van der Waals surface area contributed by atoms with Gasteiger partial charge in [0.2, 0.25) is 5.91 Å². The van der Waals surface area contributed by atoms with E-state index in [2.05, 4.69) is 14.9 Å². The van der Waals surface area contributed by atoms with Crippen LogP contribution in [0.2, 0.25) is 0 Å². The molecule has 1 radical (unpaired) electrons. The van der Waals surface area contributed by atoms with E-state index >= 15 is 0 Å². The molecule has 0 spiro atoms. The lowest BCUT2D eigenvalue weighted by Gasteiger charge is -2.40. The molecule has 1 aromatic carbocycles. The summed E-state index contributed by atoms with van der Waals surface area (Å²) in [5, 5.41) is 0. The highest BCUT2D eigenvalue weighted by molar-refractivity contribution is 6.04. The number of amides is 2. The normalized spacial score (nSPS) is 19.0. The van der Waals surface area contributed by atoms with Gasteiger partial charge in [-0.15, -0.1) is 0 Å². The fourth-order valence-electron chi connectivity index (χ4n) is 4.58. The predicted molar refractivity (Wildman–Crippen MR) is 110 cm³/mol. The third-order valence-electron chi connectivity index (χ3n) is 6.15. The second-order valence-electron chi connectivity index (χ2n) is 8.07. The topological polar surface area (TPSA) is 115 Å². The van der Waals surface area contributed by atoms with Gasteiger partial charge in [-0.05, 0) is 62.9 Å². The second-order valence-corrected chi connectivity index (χ2v) is 8.07. The third-order valence-corrected chi connectivity index (χ3v) is 6.15. The number of likely N-dealkylation sites (tertiary alicyclic amines) is 2. The maximum absolute atomic E-state index is 12.6. The summed E-state index contributed by atoms with van der Waals surface area (Å²) in [5.74, 6) is -0.594. The first-order valence-corrected chi connectivity index (χ1v) is 10.4. The number of primary amides is 1. The highest BCUT2D eigenvalue weighted by Crippen LogP contribution is 2.22. The third kappa shape index (κ3) is 4.37. The van der Waals surface area contributed by atoms with Crippen molar-refractivity contribution < 1.29 is 9.59 Å². The van der Waals surface area contributed by atoms with Crippen molar-refractivity contribution in [2.24, 2.45) is 5.73 Å². The molecular weight excluding hydrogens is 370 g/mol. The van der Waals surface area contributed by atoms with Gasteiger partial charge in [0.05, 0.1) is 23.0 Å². The average Bonchev–Trinajstić information content (AvgIpc) is 3.12.